The summed E-state index contributed by atoms with van der Waals surface area (Å²) < 4.78 is 24.4. The molecule has 0 bridgehead atoms. The van der Waals surface area contributed by atoms with Gasteiger partial charge in [0.1, 0.15) is 18.1 Å². The van der Waals surface area contributed by atoms with Gasteiger partial charge in [0.25, 0.3) is 5.91 Å². The van der Waals surface area contributed by atoms with Crippen LogP contribution in [0.5, 0.6) is 0 Å². The summed E-state index contributed by atoms with van der Waals surface area (Å²) in [5, 5.41) is 2.01. The van der Waals surface area contributed by atoms with Crippen LogP contribution >= 0.6 is 0 Å². The van der Waals surface area contributed by atoms with Crippen LogP contribution in [0.2, 0.25) is 0 Å². The number of furan rings is 1. The highest BCUT2D eigenvalue weighted by molar-refractivity contribution is 6.00. The van der Waals surface area contributed by atoms with Crippen LogP contribution in [0.1, 0.15) is 35.0 Å². The number of ether oxygens (including phenoxy) is 1. The second kappa shape index (κ2) is 12.8. The van der Waals surface area contributed by atoms with E-state index in [1.54, 1.807) is 46.4 Å². The average molecular weight is 503 g/mol. The lowest BCUT2D eigenvalue weighted by Gasteiger charge is -2.27. The Bertz CT molecular complexity index is 1300. The van der Waals surface area contributed by atoms with Gasteiger partial charge in [-0.3, -0.25) is 9.59 Å². The minimum atomic E-state index is -0.339. The first kappa shape index (κ1) is 26.1. The number of hydrogen-bond donors (Lipinski definition) is 0. The largest absolute Gasteiger partial charge is 0.467 e. The van der Waals surface area contributed by atoms with Gasteiger partial charge in [0.2, 0.25) is 5.91 Å². The SMILES string of the molecule is CCOCCCN(CC(=O)N(Cc1ccc(F)cc1)Cc1ccco1)C(=O)c1ccc2ccccc2c1. The van der Waals surface area contributed by atoms with Crippen molar-refractivity contribution in [3.63, 3.8) is 0 Å². The Labute approximate surface area is 216 Å². The first-order chi connectivity index (χ1) is 18.0. The van der Waals surface area contributed by atoms with Crippen LogP contribution in [0, 0.1) is 5.82 Å². The number of nitrogens with zero attached hydrogens (tertiary/aromatic N) is 2. The Morgan fingerprint density at radius 2 is 1.68 bits per heavy atom. The molecule has 1 heterocycles. The fraction of sp³-hybridized carbons (Fsp3) is 0.267. The predicted octanol–water partition coefficient (Wildman–Crippen LogP) is 5.67. The van der Waals surface area contributed by atoms with Gasteiger partial charge in [0, 0.05) is 31.9 Å². The molecule has 4 rings (SSSR count). The van der Waals surface area contributed by atoms with Gasteiger partial charge in [-0.2, -0.15) is 0 Å². The van der Waals surface area contributed by atoms with Gasteiger partial charge in [-0.1, -0.05) is 42.5 Å². The van der Waals surface area contributed by atoms with Crippen LogP contribution in [0.15, 0.2) is 89.5 Å². The number of rotatable bonds is 12. The highest BCUT2D eigenvalue weighted by Gasteiger charge is 2.23. The minimum absolute atomic E-state index is 0.0975. The molecule has 1 aromatic heterocycles. The van der Waals surface area contributed by atoms with Crippen molar-refractivity contribution in [2.45, 2.75) is 26.4 Å². The minimum Gasteiger partial charge on any atom is -0.467 e. The summed E-state index contributed by atoms with van der Waals surface area (Å²) >= 11 is 0. The van der Waals surface area contributed by atoms with Gasteiger partial charge in [-0.15, -0.1) is 0 Å². The molecule has 6 nitrogen and oxygen atoms in total. The van der Waals surface area contributed by atoms with E-state index in [9.17, 15) is 14.0 Å². The first-order valence-corrected chi connectivity index (χ1v) is 12.4. The summed E-state index contributed by atoms with van der Waals surface area (Å²) in [6.07, 6.45) is 2.16. The third-order valence-corrected chi connectivity index (χ3v) is 6.10. The van der Waals surface area contributed by atoms with E-state index in [-0.39, 0.29) is 37.3 Å². The molecule has 37 heavy (non-hydrogen) atoms. The molecule has 3 aromatic carbocycles. The van der Waals surface area contributed by atoms with Gasteiger partial charge in [-0.25, -0.2) is 4.39 Å². The highest BCUT2D eigenvalue weighted by Crippen LogP contribution is 2.18. The van der Waals surface area contributed by atoms with E-state index in [1.165, 1.54) is 12.1 Å². The van der Waals surface area contributed by atoms with E-state index in [1.807, 2.05) is 43.3 Å². The van der Waals surface area contributed by atoms with Gasteiger partial charge in [-0.05, 0) is 66.1 Å². The van der Waals surface area contributed by atoms with Crippen molar-refractivity contribution in [2.75, 3.05) is 26.3 Å². The van der Waals surface area contributed by atoms with Crippen LogP contribution in [-0.2, 0) is 22.6 Å². The molecular formula is C30H31FN2O4. The third-order valence-electron chi connectivity index (χ3n) is 6.10. The van der Waals surface area contributed by atoms with Crippen molar-refractivity contribution in [2.24, 2.45) is 0 Å². The fourth-order valence-electron chi connectivity index (χ4n) is 4.16. The number of halogens is 1. The Hall–Kier alpha value is -3.97. The van der Waals surface area contributed by atoms with Crippen molar-refractivity contribution < 1.29 is 23.1 Å². The fourth-order valence-corrected chi connectivity index (χ4v) is 4.16. The number of amides is 2. The molecule has 0 unspecified atom stereocenters. The topological polar surface area (TPSA) is 63.0 Å². The summed E-state index contributed by atoms with van der Waals surface area (Å²) in [5.41, 5.74) is 1.31. The van der Waals surface area contributed by atoms with E-state index in [0.717, 1.165) is 16.3 Å². The smallest absolute Gasteiger partial charge is 0.254 e. The van der Waals surface area contributed by atoms with Crippen LogP contribution in [0.3, 0.4) is 0 Å². The Balaban J connectivity index is 1.55. The van der Waals surface area contributed by atoms with Gasteiger partial charge in [0.05, 0.1) is 12.8 Å². The molecular weight excluding hydrogens is 471 g/mol. The van der Waals surface area contributed by atoms with E-state index >= 15 is 0 Å². The Kier molecular flexibility index (Phi) is 9.05. The number of carbonyl (C=O) groups is 2. The molecule has 192 valence electrons. The van der Waals surface area contributed by atoms with Crippen molar-refractivity contribution in [1.29, 1.82) is 0 Å². The van der Waals surface area contributed by atoms with Crippen LogP contribution in [0.25, 0.3) is 10.8 Å². The van der Waals surface area contributed by atoms with Crippen LogP contribution in [-0.4, -0.2) is 47.9 Å². The maximum absolute atomic E-state index is 13.6. The molecule has 0 aliphatic heterocycles. The Morgan fingerprint density at radius 3 is 2.41 bits per heavy atom. The highest BCUT2D eigenvalue weighted by atomic mass is 19.1. The van der Waals surface area contributed by atoms with Gasteiger partial charge in [0.15, 0.2) is 0 Å². The summed E-state index contributed by atoms with van der Waals surface area (Å²) in [4.78, 5) is 30.3. The zero-order valence-corrected chi connectivity index (χ0v) is 20.9. The molecule has 0 spiro atoms. The number of carbonyl (C=O) groups excluding carboxylic acids is 2. The first-order valence-electron chi connectivity index (χ1n) is 12.4. The second-order valence-corrected chi connectivity index (χ2v) is 8.79. The number of fused-ring (bicyclic) bond motifs is 1. The molecule has 0 fully saturated rings. The Morgan fingerprint density at radius 1 is 0.892 bits per heavy atom. The van der Waals surface area contributed by atoms with Crippen molar-refractivity contribution in [1.82, 2.24) is 9.80 Å². The molecule has 0 saturated carbocycles. The average Bonchev–Trinajstić information content (AvgIpc) is 3.43. The van der Waals surface area contributed by atoms with Crippen molar-refractivity contribution >= 4 is 22.6 Å². The third kappa shape index (κ3) is 7.27. The lowest BCUT2D eigenvalue weighted by molar-refractivity contribution is -0.133. The maximum atomic E-state index is 13.6. The number of hydrogen-bond acceptors (Lipinski definition) is 4. The molecule has 2 amide bonds. The van der Waals surface area contributed by atoms with Gasteiger partial charge >= 0.3 is 0 Å². The summed E-state index contributed by atoms with van der Waals surface area (Å²) in [5.74, 6) is -0.157. The molecule has 0 aliphatic carbocycles. The summed E-state index contributed by atoms with van der Waals surface area (Å²) in [6.45, 7) is 3.78. The van der Waals surface area contributed by atoms with Crippen LogP contribution < -0.4 is 0 Å². The quantitative estimate of drug-likeness (QED) is 0.234. The van der Waals surface area contributed by atoms with Crippen molar-refractivity contribution in [3.8, 4) is 0 Å². The van der Waals surface area contributed by atoms with Gasteiger partial charge < -0.3 is 19.0 Å². The number of benzene rings is 3. The normalized spacial score (nSPS) is 11.0. The van der Waals surface area contributed by atoms with E-state index in [0.29, 0.717) is 37.5 Å². The van der Waals surface area contributed by atoms with E-state index < -0.39 is 0 Å². The summed E-state index contributed by atoms with van der Waals surface area (Å²) in [6, 6.07) is 23.0. The lowest BCUT2D eigenvalue weighted by Crippen LogP contribution is -2.43. The standard InChI is InChI=1S/C30H31FN2O4/c1-2-36-17-6-16-32(30(35)26-13-12-24-7-3-4-8-25(24)19-26)22-29(34)33(21-28-9-5-18-37-28)20-23-10-14-27(31)15-11-23/h3-5,7-15,18-19H,2,6,16-17,20-22H2,1H3. The lowest BCUT2D eigenvalue weighted by atomic mass is 10.1. The molecule has 0 atom stereocenters. The zero-order valence-electron chi connectivity index (χ0n) is 20.9. The molecule has 7 heteroatoms. The summed E-state index contributed by atoms with van der Waals surface area (Å²) in [7, 11) is 0. The maximum Gasteiger partial charge on any atom is 0.254 e. The monoisotopic (exact) mass is 502 g/mol. The predicted molar refractivity (Wildman–Crippen MR) is 140 cm³/mol. The van der Waals surface area contributed by atoms with E-state index in [4.69, 9.17) is 9.15 Å². The van der Waals surface area contributed by atoms with E-state index in [2.05, 4.69) is 0 Å². The molecule has 0 aliphatic rings. The molecule has 4 aromatic rings. The second-order valence-electron chi connectivity index (χ2n) is 8.79. The zero-order chi connectivity index (χ0) is 26.0. The molecule has 0 radical (unpaired) electrons. The molecule has 0 saturated heterocycles. The van der Waals surface area contributed by atoms with Crippen molar-refractivity contribution in [3.05, 3.63) is 108 Å². The molecule has 0 N–H and O–H groups in total. The van der Waals surface area contributed by atoms with Crippen LogP contribution in [0.4, 0.5) is 4.39 Å².